The Bertz CT molecular complexity index is 881. The van der Waals surface area contributed by atoms with Crippen LogP contribution < -0.4 is 0 Å². The van der Waals surface area contributed by atoms with E-state index in [0.29, 0.717) is 12.0 Å². The smallest absolute Gasteiger partial charge is 0.338 e. The molecule has 0 saturated carbocycles. The van der Waals surface area contributed by atoms with Crippen molar-refractivity contribution in [2.45, 2.75) is 13.3 Å². The second-order valence-corrected chi connectivity index (χ2v) is 5.61. The number of phenols is 1. The number of ether oxygens (including phenoxy) is 1. The lowest BCUT2D eigenvalue weighted by Gasteiger charge is -2.12. The highest BCUT2D eigenvalue weighted by molar-refractivity contribution is 6.05. The molecule has 0 amide bonds. The molecule has 0 heterocycles. The van der Waals surface area contributed by atoms with Gasteiger partial charge in [0.2, 0.25) is 0 Å². The van der Waals surface area contributed by atoms with E-state index in [9.17, 15) is 9.90 Å². The molecular formula is C20H18O3. The minimum Gasteiger partial charge on any atom is -0.508 e. The van der Waals surface area contributed by atoms with Crippen LogP contribution in [0.2, 0.25) is 0 Å². The van der Waals surface area contributed by atoms with E-state index in [1.807, 2.05) is 55.5 Å². The molecule has 3 rings (SSSR count). The van der Waals surface area contributed by atoms with E-state index in [-0.39, 0.29) is 11.7 Å². The van der Waals surface area contributed by atoms with Crippen molar-refractivity contribution >= 4 is 16.7 Å². The molecule has 0 spiro atoms. The number of hydrogen-bond donors (Lipinski definition) is 1. The molecule has 3 aromatic rings. The molecule has 0 atom stereocenters. The van der Waals surface area contributed by atoms with Crippen molar-refractivity contribution in [3.05, 3.63) is 76.9 Å². The number of aryl methyl sites for hydroxylation is 1. The number of methoxy groups -OCH3 is 1. The molecule has 0 aliphatic carbocycles. The number of rotatable bonds is 3. The number of carbonyl (C=O) groups excluding carboxylic acids is 1. The number of esters is 1. The Hall–Kier alpha value is -2.81. The topological polar surface area (TPSA) is 46.5 Å². The molecule has 116 valence electrons. The second-order valence-electron chi connectivity index (χ2n) is 5.61. The zero-order valence-electron chi connectivity index (χ0n) is 13.2. The molecule has 23 heavy (non-hydrogen) atoms. The van der Waals surface area contributed by atoms with Gasteiger partial charge in [0.1, 0.15) is 5.75 Å². The molecule has 0 radical (unpaired) electrons. The van der Waals surface area contributed by atoms with Gasteiger partial charge in [0.05, 0.1) is 12.7 Å². The first-order valence-electron chi connectivity index (χ1n) is 7.47. The summed E-state index contributed by atoms with van der Waals surface area (Å²) in [6, 6.07) is 17.3. The van der Waals surface area contributed by atoms with Crippen molar-refractivity contribution in [1.82, 2.24) is 0 Å². The Morgan fingerprint density at radius 3 is 2.61 bits per heavy atom. The summed E-state index contributed by atoms with van der Waals surface area (Å²) in [4.78, 5) is 12.3. The van der Waals surface area contributed by atoms with E-state index < -0.39 is 0 Å². The van der Waals surface area contributed by atoms with Crippen LogP contribution in [0.3, 0.4) is 0 Å². The molecule has 0 aromatic heterocycles. The van der Waals surface area contributed by atoms with Crippen molar-refractivity contribution in [3.63, 3.8) is 0 Å². The highest BCUT2D eigenvalue weighted by Gasteiger charge is 2.16. The van der Waals surface area contributed by atoms with Crippen LogP contribution in [0.1, 0.15) is 27.0 Å². The van der Waals surface area contributed by atoms with Crippen molar-refractivity contribution in [2.75, 3.05) is 7.11 Å². The van der Waals surface area contributed by atoms with Gasteiger partial charge in [-0.25, -0.2) is 4.79 Å². The van der Waals surface area contributed by atoms with E-state index in [4.69, 9.17) is 4.74 Å². The standard InChI is InChI=1S/C20H18O3/c1-13-11-14(7-10-18(13)21)12-16-9-8-15-5-3-4-6-17(15)19(16)20(22)23-2/h3-11,21H,12H2,1-2H3. The van der Waals surface area contributed by atoms with Crippen molar-refractivity contribution < 1.29 is 14.6 Å². The summed E-state index contributed by atoms with van der Waals surface area (Å²) in [5, 5.41) is 11.6. The highest BCUT2D eigenvalue weighted by Crippen LogP contribution is 2.26. The van der Waals surface area contributed by atoms with Gasteiger partial charge in [0.15, 0.2) is 0 Å². The lowest BCUT2D eigenvalue weighted by molar-refractivity contribution is 0.0602. The average molecular weight is 306 g/mol. The maximum Gasteiger partial charge on any atom is 0.338 e. The number of aromatic hydroxyl groups is 1. The van der Waals surface area contributed by atoms with Crippen molar-refractivity contribution in [1.29, 1.82) is 0 Å². The first kappa shape index (κ1) is 15.1. The van der Waals surface area contributed by atoms with Crippen LogP contribution in [0.25, 0.3) is 10.8 Å². The zero-order valence-corrected chi connectivity index (χ0v) is 13.2. The van der Waals surface area contributed by atoms with Gasteiger partial charge in [-0.1, -0.05) is 48.5 Å². The first-order chi connectivity index (χ1) is 11.1. The maximum atomic E-state index is 12.3. The summed E-state index contributed by atoms with van der Waals surface area (Å²) < 4.78 is 4.99. The van der Waals surface area contributed by atoms with Gasteiger partial charge in [-0.15, -0.1) is 0 Å². The molecular weight excluding hydrogens is 288 g/mol. The third-order valence-electron chi connectivity index (χ3n) is 4.06. The summed E-state index contributed by atoms with van der Waals surface area (Å²) in [5.41, 5.74) is 3.39. The number of phenolic OH excluding ortho intramolecular Hbond substituents is 1. The van der Waals surface area contributed by atoms with Crippen LogP contribution in [0.15, 0.2) is 54.6 Å². The fourth-order valence-corrected chi connectivity index (χ4v) is 2.85. The predicted octanol–water partition coefficient (Wildman–Crippen LogP) is 4.23. The maximum absolute atomic E-state index is 12.3. The molecule has 0 saturated heterocycles. The predicted molar refractivity (Wildman–Crippen MR) is 90.9 cm³/mol. The molecule has 0 fully saturated rings. The normalized spacial score (nSPS) is 10.7. The summed E-state index contributed by atoms with van der Waals surface area (Å²) in [7, 11) is 1.40. The van der Waals surface area contributed by atoms with E-state index in [2.05, 4.69) is 0 Å². The van der Waals surface area contributed by atoms with Gasteiger partial charge in [-0.3, -0.25) is 0 Å². The van der Waals surface area contributed by atoms with E-state index in [0.717, 1.165) is 27.5 Å². The third kappa shape index (κ3) is 2.90. The Kier molecular flexibility index (Phi) is 4.02. The molecule has 0 aliphatic rings. The minimum atomic E-state index is -0.327. The number of fused-ring (bicyclic) bond motifs is 1. The van der Waals surface area contributed by atoms with E-state index in [1.54, 1.807) is 6.07 Å². The Morgan fingerprint density at radius 2 is 1.87 bits per heavy atom. The van der Waals surface area contributed by atoms with Crippen LogP contribution in [0, 0.1) is 6.92 Å². The van der Waals surface area contributed by atoms with Gasteiger partial charge >= 0.3 is 5.97 Å². The summed E-state index contributed by atoms with van der Waals surface area (Å²) in [6.45, 7) is 1.86. The quantitative estimate of drug-likeness (QED) is 0.737. The van der Waals surface area contributed by atoms with Gasteiger partial charge in [0.25, 0.3) is 0 Å². The molecule has 3 aromatic carbocycles. The molecule has 3 nitrogen and oxygen atoms in total. The fraction of sp³-hybridized carbons (Fsp3) is 0.150. The fourth-order valence-electron chi connectivity index (χ4n) is 2.85. The van der Waals surface area contributed by atoms with Crippen molar-refractivity contribution in [2.24, 2.45) is 0 Å². The van der Waals surface area contributed by atoms with Crippen LogP contribution in [0.4, 0.5) is 0 Å². The Labute approximate surface area is 135 Å². The lowest BCUT2D eigenvalue weighted by Crippen LogP contribution is -2.07. The van der Waals surface area contributed by atoms with E-state index in [1.165, 1.54) is 7.11 Å². The summed E-state index contributed by atoms with van der Waals surface area (Å²) >= 11 is 0. The summed E-state index contributed by atoms with van der Waals surface area (Å²) in [6.07, 6.45) is 0.608. The largest absolute Gasteiger partial charge is 0.508 e. The third-order valence-corrected chi connectivity index (χ3v) is 4.06. The van der Waals surface area contributed by atoms with Gasteiger partial charge < -0.3 is 9.84 Å². The second kappa shape index (κ2) is 6.13. The first-order valence-corrected chi connectivity index (χ1v) is 7.47. The molecule has 0 aliphatic heterocycles. The monoisotopic (exact) mass is 306 g/mol. The van der Waals surface area contributed by atoms with Crippen LogP contribution >= 0.6 is 0 Å². The number of hydrogen-bond acceptors (Lipinski definition) is 3. The van der Waals surface area contributed by atoms with E-state index >= 15 is 0 Å². The number of carbonyl (C=O) groups is 1. The number of benzene rings is 3. The van der Waals surface area contributed by atoms with Gasteiger partial charge in [-0.05, 0) is 46.9 Å². The molecule has 1 N–H and O–H groups in total. The summed E-state index contributed by atoms with van der Waals surface area (Å²) in [5.74, 6) is -0.0484. The molecule has 0 unspecified atom stereocenters. The lowest BCUT2D eigenvalue weighted by atomic mass is 9.94. The average Bonchev–Trinajstić information content (AvgIpc) is 2.57. The van der Waals surface area contributed by atoms with Crippen LogP contribution in [-0.4, -0.2) is 18.2 Å². The molecule has 0 bridgehead atoms. The van der Waals surface area contributed by atoms with Gasteiger partial charge in [-0.2, -0.15) is 0 Å². The van der Waals surface area contributed by atoms with Crippen molar-refractivity contribution in [3.8, 4) is 5.75 Å². The van der Waals surface area contributed by atoms with Crippen LogP contribution in [-0.2, 0) is 11.2 Å². The molecule has 3 heteroatoms. The van der Waals surface area contributed by atoms with Gasteiger partial charge in [0, 0.05) is 0 Å². The van der Waals surface area contributed by atoms with Crippen LogP contribution in [0.5, 0.6) is 5.75 Å². The highest BCUT2D eigenvalue weighted by atomic mass is 16.5. The Balaban J connectivity index is 2.12. The zero-order chi connectivity index (χ0) is 16.4. The Morgan fingerprint density at radius 1 is 1.09 bits per heavy atom. The SMILES string of the molecule is COC(=O)c1c(Cc2ccc(O)c(C)c2)ccc2ccccc12. The minimum absolute atomic E-state index is 0.278.